The second-order valence-corrected chi connectivity index (χ2v) is 4.73. The molecule has 0 aromatic heterocycles. The number of hydrogen-bond acceptors (Lipinski definition) is 3. The van der Waals surface area contributed by atoms with Crippen molar-refractivity contribution in [1.29, 1.82) is 0 Å². The molecule has 0 saturated carbocycles. The summed E-state index contributed by atoms with van der Waals surface area (Å²) in [7, 11) is 0. The Bertz CT molecular complexity index is 358. The standard InChI is InChI=1S/C11H14BrNO2/c1-11(7-13)14-6-10(15-11)8-3-2-4-9(12)5-8/h2-5,10H,6-7,13H2,1H3. The predicted octanol–water partition coefficient (Wildman–Crippen LogP) is 2.21. The molecule has 2 unspecified atom stereocenters. The van der Waals surface area contributed by atoms with Gasteiger partial charge < -0.3 is 15.2 Å². The number of ether oxygens (including phenoxy) is 2. The molecule has 15 heavy (non-hydrogen) atoms. The summed E-state index contributed by atoms with van der Waals surface area (Å²) in [5.74, 6) is -0.632. The van der Waals surface area contributed by atoms with Crippen LogP contribution in [0.3, 0.4) is 0 Å². The smallest absolute Gasteiger partial charge is 0.178 e. The summed E-state index contributed by atoms with van der Waals surface area (Å²) in [6.07, 6.45) is -0.0175. The zero-order valence-electron chi connectivity index (χ0n) is 8.57. The molecule has 4 heteroatoms. The van der Waals surface area contributed by atoms with Gasteiger partial charge in [0.25, 0.3) is 0 Å². The van der Waals surface area contributed by atoms with Crippen LogP contribution in [0.4, 0.5) is 0 Å². The highest BCUT2D eigenvalue weighted by Gasteiger charge is 2.36. The minimum atomic E-state index is -0.632. The number of nitrogens with two attached hydrogens (primary N) is 1. The molecule has 1 aromatic carbocycles. The number of benzene rings is 1. The Morgan fingerprint density at radius 2 is 2.40 bits per heavy atom. The molecular weight excluding hydrogens is 258 g/mol. The third-order valence-electron chi connectivity index (χ3n) is 2.52. The highest BCUT2D eigenvalue weighted by atomic mass is 79.9. The van der Waals surface area contributed by atoms with Gasteiger partial charge in [0.15, 0.2) is 5.79 Å². The summed E-state index contributed by atoms with van der Waals surface area (Å²) in [6.45, 7) is 2.80. The maximum Gasteiger partial charge on any atom is 0.178 e. The normalized spacial score (nSPS) is 30.7. The number of hydrogen-bond donors (Lipinski definition) is 1. The third-order valence-corrected chi connectivity index (χ3v) is 3.02. The fraction of sp³-hybridized carbons (Fsp3) is 0.455. The topological polar surface area (TPSA) is 44.5 Å². The van der Waals surface area contributed by atoms with Crippen molar-refractivity contribution < 1.29 is 9.47 Å². The molecule has 0 amide bonds. The minimum Gasteiger partial charge on any atom is -0.346 e. The summed E-state index contributed by atoms with van der Waals surface area (Å²) in [4.78, 5) is 0. The molecule has 1 heterocycles. The highest BCUT2D eigenvalue weighted by molar-refractivity contribution is 9.10. The van der Waals surface area contributed by atoms with Crippen LogP contribution in [0, 0.1) is 0 Å². The monoisotopic (exact) mass is 271 g/mol. The largest absolute Gasteiger partial charge is 0.346 e. The van der Waals surface area contributed by atoms with Crippen molar-refractivity contribution in [3.8, 4) is 0 Å². The quantitative estimate of drug-likeness (QED) is 0.897. The van der Waals surface area contributed by atoms with Gasteiger partial charge in [0.1, 0.15) is 6.10 Å². The van der Waals surface area contributed by atoms with E-state index in [1.807, 2.05) is 31.2 Å². The van der Waals surface area contributed by atoms with Gasteiger partial charge in [-0.1, -0.05) is 28.1 Å². The van der Waals surface area contributed by atoms with Gasteiger partial charge in [0, 0.05) is 11.0 Å². The van der Waals surface area contributed by atoms with Crippen LogP contribution >= 0.6 is 15.9 Å². The summed E-state index contributed by atoms with van der Waals surface area (Å²) in [6, 6.07) is 8.04. The van der Waals surface area contributed by atoms with Crippen LogP contribution in [0.1, 0.15) is 18.6 Å². The van der Waals surface area contributed by atoms with Gasteiger partial charge in [-0.2, -0.15) is 0 Å². The maximum atomic E-state index is 5.77. The number of rotatable bonds is 2. The van der Waals surface area contributed by atoms with E-state index in [1.165, 1.54) is 0 Å². The van der Waals surface area contributed by atoms with Gasteiger partial charge in [-0.15, -0.1) is 0 Å². The molecule has 1 aliphatic rings. The molecule has 1 fully saturated rings. The molecule has 2 N–H and O–H groups in total. The Labute approximate surface area is 97.7 Å². The van der Waals surface area contributed by atoms with Gasteiger partial charge in [0.2, 0.25) is 0 Å². The second-order valence-electron chi connectivity index (χ2n) is 3.81. The van der Waals surface area contributed by atoms with Gasteiger partial charge in [0.05, 0.1) is 6.61 Å². The molecule has 3 nitrogen and oxygen atoms in total. The summed E-state index contributed by atoms with van der Waals surface area (Å²) < 4.78 is 12.4. The molecule has 1 saturated heterocycles. The van der Waals surface area contributed by atoms with Crippen molar-refractivity contribution >= 4 is 15.9 Å². The van der Waals surface area contributed by atoms with Gasteiger partial charge in [-0.3, -0.25) is 0 Å². The molecule has 0 radical (unpaired) electrons. The van der Waals surface area contributed by atoms with E-state index < -0.39 is 5.79 Å². The fourth-order valence-electron chi connectivity index (χ4n) is 1.60. The highest BCUT2D eigenvalue weighted by Crippen LogP contribution is 2.33. The van der Waals surface area contributed by atoms with Crippen molar-refractivity contribution in [3.63, 3.8) is 0 Å². The Hall–Kier alpha value is -0.420. The van der Waals surface area contributed by atoms with Crippen LogP contribution in [0.5, 0.6) is 0 Å². The van der Waals surface area contributed by atoms with E-state index in [0.717, 1.165) is 10.0 Å². The van der Waals surface area contributed by atoms with Crippen LogP contribution in [0.15, 0.2) is 28.7 Å². The first-order valence-electron chi connectivity index (χ1n) is 4.90. The first-order chi connectivity index (χ1) is 7.13. The molecule has 0 spiro atoms. The lowest BCUT2D eigenvalue weighted by Crippen LogP contribution is -2.35. The van der Waals surface area contributed by atoms with Crippen LogP contribution in [-0.2, 0) is 9.47 Å². The Kier molecular flexibility index (Phi) is 3.11. The van der Waals surface area contributed by atoms with Crippen LogP contribution in [0.25, 0.3) is 0 Å². The third kappa shape index (κ3) is 2.39. The van der Waals surface area contributed by atoms with Crippen LogP contribution in [0.2, 0.25) is 0 Å². The first-order valence-corrected chi connectivity index (χ1v) is 5.69. The molecule has 2 atom stereocenters. The van der Waals surface area contributed by atoms with Crippen molar-refractivity contribution in [1.82, 2.24) is 0 Å². The molecule has 82 valence electrons. The van der Waals surface area contributed by atoms with Crippen molar-refractivity contribution in [2.75, 3.05) is 13.2 Å². The molecule has 1 aromatic rings. The molecule has 1 aliphatic heterocycles. The minimum absolute atomic E-state index is 0.0175. The maximum absolute atomic E-state index is 5.77. The van der Waals surface area contributed by atoms with Crippen LogP contribution < -0.4 is 5.73 Å². The van der Waals surface area contributed by atoms with E-state index in [0.29, 0.717) is 13.2 Å². The molecular formula is C11H14BrNO2. The van der Waals surface area contributed by atoms with Gasteiger partial charge in [-0.25, -0.2) is 0 Å². The van der Waals surface area contributed by atoms with Crippen molar-refractivity contribution in [2.45, 2.75) is 18.8 Å². The van der Waals surface area contributed by atoms with Gasteiger partial charge >= 0.3 is 0 Å². The Morgan fingerprint density at radius 3 is 3.00 bits per heavy atom. The zero-order valence-corrected chi connectivity index (χ0v) is 10.2. The first kappa shape index (κ1) is 11.1. The van der Waals surface area contributed by atoms with E-state index in [4.69, 9.17) is 15.2 Å². The predicted molar refractivity (Wildman–Crippen MR) is 61.4 cm³/mol. The molecule has 2 rings (SSSR count). The van der Waals surface area contributed by atoms with E-state index >= 15 is 0 Å². The average molecular weight is 272 g/mol. The zero-order chi connectivity index (χ0) is 10.9. The van der Waals surface area contributed by atoms with Crippen molar-refractivity contribution in [3.05, 3.63) is 34.3 Å². The van der Waals surface area contributed by atoms with Crippen LogP contribution in [-0.4, -0.2) is 18.9 Å². The summed E-state index contributed by atoms with van der Waals surface area (Å²) in [5.41, 5.74) is 6.69. The van der Waals surface area contributed by atoms with Gasteiger partial charge in [-0.05, 0) is 24.6 Å². The fourth-order valence-corrected chi connectivity index (χ4v) is 2.02. The number of halogens is 1. The average Bonchev–Trinajstić information content (AvgIpc) is 2.62. The van der Waals surface area contributed by atoms with Crippen molar-refractivity contribution in [2.24, 2.45) is 5.73 Å². The van der Waals surface area contributed by atoms with E-state index in [9.17, 15) is 0 Å². The lowest BCUT2D eigenvalue weighted by Gasteiger charge is -2.20. The second kappa shape index (κ2) is 4.22. The Balaban J connectivity index is 2.14. The van der Waals surface area contributed by atoms with E-state index in [-0.39, 0.29) is 6.10 Å². The summed E-state index contributed by atoms with van der Waals surface area (Å²) in [5, 5.41) is 0. The molecule has 0 aliphatic carbocycles. The lowest BCUT2D eigenvalue weighted by molar-refractivity contribution is -0.145. The molecule has 0 bridgehead atoms. The Morgan fingerprint density at radius 1 is 1.60 bits per heavy atom. The summed E-state index contributed by atoms with van der Waals surface area (Å²) >= 11 is 3.43. The van der Waals surface area contributed by atoms with E-state index in [2.05, 4.69) is 15.9 Å². The SMILES string of the molecule is CC1(CN)OCC(c2cccc(Br)c2)O1. The lowest BCUT2D eigenvalue weighted by atomic mass is 10.1. The van der Waals surface area contributed by atoms with E-state index in [1.54, 1.807) is 0 Å².